The molecule has 0 atom stereocenters. The Hall–Kier alpha value is -5.36. The number of amides is 3. The van der Waals surface area contributed by atoms with Crippen LogP contribution in [0.15, 0.2) is 97.4 Å². The largest absolute Gasteiger partial charge is 0.392 e. The summed E-state index contributed by atoms with van der Waals surface area (Å²) in [4.78, 5) is 51.3. The van der Waals surface area contributed by atoms with Gasteiger partial charge >= 0.3 is 0 Å². The minimum atomic E-state index is -0.244. The van der Waals surface area contributed by atoms with Gasteiger partial charge in [0.05, 0.1) is 17.0 Å². The summed E-state index contributed by atoms with van der Waals surface area (Å²) in [5.41, 5.74) is 6.74. The highest BCUT2D eigenvalue weighted by Crippen LogP contribution is 2.42. The van der Waals surface area contributed by atoms with Crippen molar-refractivity contribution in [3.63, 3.8) is 0 Å². The van der Waals surface area contributed by atoms with Gasteiger partial charge < -0.3 is 30.3 Å². The van der Waals surface area contributed by atoms with E-state index in [1.165, 1.54) is 11.3 Å². The maximum Gasteiger partial charge on any atom is 0.265 e. The van der Waals surface area contributed by atoms with E-state index in [0.717, 1.165) is 66.4 Å². The van der Waals surface area contributed by atoms with Crippen LogP contribution in [0.5, 0.6) is 0 Å². The molecule has 0 saturated carbocycles. The molecule has 5 heterocycles. The van der Waals surface area contributed by atoms with Crippen LogP contribution in [-0.4, -0.2) is 65.6 Å². The maximum atomic E-state index is 14.1. The van der Waals surface area contributed by atoms with Crippen molar-refractivity contribution in [2.45, 2.75) is 46.1 Å². The van der Waals surface area contributed by atoms with Crippen LogP contribution in [0.2, 0.25) is 0 Å². The number of benzene rings is 2. The molecule has 4 aromatic rings. The van der Waals surface area contributed by atoms with Gasteiger partial charge in [-0.25, -0.2) is 4.98 Å². The van der Waals surface area contributed by atoms with Gasteiger partial charge in [-0.05, 0) is 92.3 Å². The molecule has 2 fully saturated rings. The zero-order valence-corrected chi connectivity index (χ0v) is 31.5. The van der Waals surface area contributed by atoms with Crippen LogP contribution in [0.3, 0.4) is 0 Å². The Morgan fingerprint density at radius 3 is 2.54 bits per heavy atom. The van der Waals surface area contributed by atoms with Gasteiger partial charge in [-0.2, -0.15) is 0 Å². The Morgan fingerprint density at radius 2 is 1.80 bits per heavy atom. The van der Waals surface area contributed by atoms with E-state index in [9.17, 15) is 19.5 Å². The van der Waals surface area contributed by atoms with Crippen molar-refractivity contribution in [3.8, 4) is 0 Å². The lowest BCUT2D eigenvalue weighted by Gasteiger charge is -2.53. The third kappa shape index (κ3) is 7.79. The number of carbonyl (C=O) groups excluding carboxylic acids is 3. The minimum absolute atomic E-state index is 0.152. The Balaban J connectivity index is 1.04. The van der Waals surface area contributed by atoms with E-state index in [0.29, 0.717) is 58.1 Å². The average Bonchev–Trinajstić information content (AvgIpc) is 3.49. The standard InChI is InChI=1S/C43H45N5O5S/c1-4-5-6-10-34-23-36-31(22-37(54-36)41(51)46-38-29(3)8-7-9-32(38)25-49)15-18-48(34)42(52)30-11-13-33(14-12-30)45-40(50)35-21-28(2)24-44-39(35)47-26-43(27-47)16-19-53-20-17-43/h4-14,21-22,24,49H,1,15-20,23,25-27H2,2-3H3,(H,45,50)(H,46,51)/b6-5-,34-10+. The Labute approximate surface area is 319 Å². The quantitative estimate of drug-likeness (QED) is 0.155. The van der Waals surface area contributed by atoms with Crippen LogP contribution in [0.4, 0.5) is 17.2 Å². The normalized spacial score (nSPS) is 17.2. The molecular weight excluding hydrogens is 699 g/mol. The van der Waals surface area contributed by atoms with E-state index in [-0.39, 0.29) is 29.7 Å². The van der Waals surface area contributed by atoms with Crippen LogP contribution in [-0.2, 0) is 24.2 Å². The zero-order chi connectivity index (χ0) is 37.8. The van der Waals surface area contributed by atoms with Crippen LogP contribution in [0.1, 0.15) is 70.4 Å². The highest BCUT2D eigenvalue weighted by molar-refractivity contribution is 7.14. The summed E-state index contributed by atoms with van der Waals surface area (Å²) in [6, 6.07) is 16.3. The summed E-state index contributed by atoms with van der Waals surface area (Å²) in [5, 5.41) is 15.8. The maximum absolute atomic E-state index is 14.1. The van der Waals surface area contributed by atoms with E-state index in [1.807, 2.05) is 56.3 Å². The number of ether oxygens (including phenoxy) is 1. The Bertz CT molecular complexity index is 2140. The SMILES string of the molecule is C=C/C=C\C=C1/Cc2sc(C(=O)Nc3c(C)cccc3CO)cc2CCN1C(=O)c1ccc(NC(=O)c2cc(C)cnc2N2CC3(CCOCC3)C2)cc1. The van der Waals surface area contributed by atoms with E-state index in [1.54, 1.807) is 47.5 Å². The third-order valence-electron chi connectivity index (χ3n) is 10.5. The fraction of sp³-hybridized carbons (Fsp3) is 0.302. The van der Waals surface area contributed by atoms with Gasteiger partial charge in [0, 0.05) is 84.0 Å². The van der Waals surface area contributed by atoms with Crippen molar-refractivity contribution in [2.24, 2.45) is 5.41 Å². The summed E-state index contributed by atoms with van der Waals surface area (Å²) in [5.74, 6) is 0.0664. The molecule has 7 rings (SSSR count). The molecule has 0 unspecified atom stereocenters. The summed E-state index contributed by atoms with van der Waals surface area (Å²) in [6.07, 6.45) is 12.2. The molecule has 0 aliphatic carbocycles. The molecule has 0 bridgehead atoms. The van der Waals surface area contributed by atoms with Crippen molar-refractivity contribution in [1.29, 1.82) is 0 Å². The molecule has 3 amide bonds. The number of thiophene rings is 1. The number of nitrogens with zero attached hydrogens (tertiary/aromatic N) is 3. The van der Waals surface area contributed by atoms with E-state index in [2.05, 4.69) is 27.1 Å². The number of rotatable bonds is 9. The first-order valence-corrected chi connectivity index (χ1v) is 19.1. The number of para-hydroxylation sites is 1. The molecule has 11 heteroatoms. The van der Waals surface area contributed by atoms with Crippen LogP contribution < -0.4 is 15.5 Å². The van der Waals surface area contributed by atoms with Crippen molar-refractivity contribution in [3.05, 3.63) is 141 Å². The minimum Gasteiger partial charge on any atom is -0.392 e. The lowest BCUT2D eigenvalue weighted by Crippen LogP contribution is -2.59. The van der Waals surface area contributed by atoms with Gasteiger partial charge in [0.2, 0.25) is 0 Å². The molecule has 3 N–H and O–H groups in total. The second-order valence-electron chi connectivity index (χ2n) is 14.3. The topological polar surface area (TPSA) is 124 Å². The summed E-state index contributed by atoms with van der Waals surface area (Å²) in [6.45, 7) is 11.1. The monoisotopic (exact) mass is 743 g/mol. The number of aryl methyl sites for hydroxylation is 2. The number of anilines is 3. The fourth-order valence-electron chi connectivity index (χ4n) is 7.48. The third-order valence-corrected chi connectivity index (χ3v) is 11.7. The Kier molecular flexibility index (Phi) is 10.9. The molecule has 3 aliphatic heterocycles. The highest BCUT2D eigenvalue weighted by Gasteiger charge is 2.45. The van der Waals surface area contributed by atoms with Gasteiger partial charge in [0.15, 0.2) is 0 Å². The molecule has 1 spiro atoms. The summed E-state index contributed by atoms with van der Waals surface area (Å²) >= 11 is 1.42. The number of carbonyl (C=O) groups is 3. The lowest BCUT2D eigenvalue weighted by atomic mass is 9.73. The molecule has 54 heavy (non-hydrogen) atoms. The van der Waals surface area contributed by atoms with Crippen molar-refractivity contribution < 1.29 is 24.2 Å². The average molecular weight is 744 g/mol. The first-order chi connectivity index (χ1) is 26.2. The number of aliphatic hydroxyl groups is 1. The van der Waals surface area contributed by atoms with Crippen molar-refractivity contribution in [1.82, 2.24) is 9.88 Å². The van der Waals surface area contributed by atoms with Gasteiger partial charge in [-0.3, -0.25) is 14.4 Å². The predicted octanol–water partition coefficient (Wildman–Crippen LogP) is 7.24. The van der Waals surface area contributed by atoms with Gasteiger partial charge in [-0.15, -0.1) is 11.3 Å². The Morgan fingerprint density at radius 1 is 1.02 bits per heavy atom. The number of aliphatic hydroxyl groups excluding tert-OH is 1. The van der Waals surface area contributed by atoms with E-state index in [4.69, 9.17) is 4.74 Å². The molecule has 278 valence electrons. The van der Waals surface area contributed by atoms with Crippen LogP contribution in [0.25, 0.3) is 0 Å². The molecular formula is C43H45N5O5S. The molecule has 2 aromatic heterocycles. The number of hydrogen-bond acceptors (Lipinski definition) is 8. The van der Waals surface area contributed by atoms with Gasteiger partial charge in [0.1, 0.15) is 5.82 Å². The number of nitrogens with one attached hydrogen (secondary N) is 2. The molecule has 2 aromatic carbocycles. The number of allylic oxidation sites excluding steroid dienone is 5. The first kappa shape index (κ1) is 37.0. The zero-order valence-electron chi connectivity index (χ0n) is 30.7. The van der Waals surface area contributed by atoms with E-state index < -0.39 is 0 Å². The summed E-state index contributed by atoms with van der Waals surface area (Å²) in [7, 11) is 0. The first-order valence-electron chi connectivity index (χ1n) is 18.3. The fourth-order valence-corrected chi connectivity index (χ4v) is 8.60. The molecule has 10 nitrogen and oxygen atoms in total. The second kappa shape index (κ2) is 15.9. The van der Waals surface area contributed by atoms with Gasteiger partial charge in [0.25, 0.3) is 17.7 Å². The van der Waals surface area contributed by atoms with Crippen LogP contribution >= 0.6 is 11.3 Å². The van der Waals surface area contributed by atoms with Crippen molar-refractivity contribution in [2.75, 3.05) is 48.4 Å². The number of hydrogen-bond donors (Lipinski definition) is 3. The molecule has 3 aliphatic rings. The molecule has 0 radical (unpaired) electrons. The van der Waals surface area contributed by atoms with E-state index >= 15 is 0 Å². The van der Waals surface area contributed by atoms with Crippen LogP contribution in [0, 0.1) is 19.3 Å². The lowest BCUT2D eigenvalue weighted by molar-refractivity contribution is -0.000511. The highest BCUT2D eigenvalue weighted by atomic mass is 32.1. The predicted molar refractivity (Wildman–Crippen MR) is 213 cm³/mol. The summed E-state index contributed by atoms with van der Waals surface area (Å²) < 4.78 is 5.57. The van der Waals surface area contributed by atoms with Gasteiger partial charge in [-0.1, -0.05) is 43.0 Å². The number of pyridine rings is 1. The number of aromatic nitrogens is 1. The number of fused-ring (bicyclic) bond motifs is 1. The second-order valence-corrected chi connectivity index (χ2v) is 15.5. The molecule has 2 saturated heterocycles. The van der Waals surface area contributed by atoms with Crippen molar-refractivity contribution >= 4 is 46.3 Å². The smallest absolute Gasteiger partial charge is 0.265 e.